The normalized spacial score (nSPS) is 28.4. The number of benzene rings is 1. The summed E-state index contributed by atoms with van der Waals surface area (Å²) in [5, 5.41) is 9.23. The Morgan fingerprint density at radius 2 is 2.00 bits per heavy atom. The third kappa shape index (κ3) is 1.48. The number of anilines is 1. The van der Waals surface area contributed by atoms with Crippen LogP contribution in [0.4, 0.5) is 5.69 Å². The number of carboxylic acids is 1. The molecule has 2 rings (SSSR count). The van der Waals surface area contributed by atoms with E-state index in [1.807, 2.05) is 48.4 Å². The summed E-state index contributed by atoms with van der Waals surface area (Å²) in [5.41, 5.74) is 0.215. The zero-order chi connectivity index (χ0) is 11.8. The minimum absolute atomic E-state index is 0.0765. The number of aliphatic carboxylic acids is 1. The molecule has 84 valence electrons. The maximum atomic E-state index is 11.2. The van der Waals surface area contributed by atoms with Crippen molar-refractivity contribution >= 4 is 11.7 Å². The van der Waals surface area contributed by atoms with Gasteiger partial charge in [-0.05, 0) is 32.1 Å². The Morgan fingerprint density at radius 3 is 2.50 bits per heavy atom. The quantitative estimate of drug-likeness (QED) is 0.827. The van der Waals surface area contributed by atoms with Crippen LogP contribution in [-0.2, 0) is 4.79 Å². The topological polar surface area (TPSA) is 40.5 Å². The van der Waals surface area contributed by atoms with Gasteiger partial charge in [0.2, 0.25) is 0 Å². The van der Waals surface area contributed by atoms with Crippen molar-refractivity contribution in [1.29, 1.82) is 0 Å². The summed E-state index contributed by atoms with van der Waals surface area (Å²) in [5.74, 6) is -0.783. The van der Waals surface area contributed by atoms with Gasteiger partial charge in [-0.15, -0.1) is 0 Å². The SMILES string of the molecule is CC1N(c2ccccc2)C=CC1(C)C(=O)O. The predicted molar refractivity (Wildman–Crippen MR) is 63.3 cm³/mol. The van der Waals surface area contributed by atoms with E-state index in [1.165, 1.54) is 0 Å². The van der Waals surface area contributed by atoms with Crippen molar-refractivity contribution in [2.24, 2.45) is 5.41 Å². The van der Waals surface area contributed by atoms with Crippen molar-refractivity contribution < 1.29 is 9.90 Å². The Labute approximate surface area is 95.0 Å². The van der Waals surface area contributed by atoms with Crippen molar-refractivity contribution in [2.45, 2.75) is 19.9 Å². The molecule has 0 saturated carbocycles. The second kappa shape index (κ2) is 3.67. The molecule has 3 heteroatoms. The van der Waals surface area contributed by atoms with E-state index < -0.39 is 11.4 Å². The van der Waals surface area contributed by atoms with E-state index in [2.05, 4.69) is 0 Å². The summed E-state index contributed by atoms with van der Waals surface area (Å²) in [7, 11) is 0. The third-order valence-electron chi connectivity index (χ3n) is 3.38. The van der Waals surface area contributed by atoms with E-state index in [1.54, 1.807) is 13.0 Å². The van der Waals surface area contributed by atoms with Gasteiger partial charge in [0.15, 0.2) is 0 Å². The van der Waals surface area contributed by atoms with Crippen molar-refractivity contribution in [3.05, 3.63) is 42.6 Å². The summed E-state index contributed by atoms with van der Waals surface area (Å²) >= 11 is 0. The molecule has 0 amide bonds. The second-order valence-electron chi connectivity index (χ2n) is 4.32. The lowest BCUT2D eigenvalue weighted by Gasteiger charge is -2.30. The third-order valence-corrected chi connectivity index (χ3v) is 3.38. The first kappa shape index (κ1) is 10.7. The smallest absolute Gasteiger partial charge is 0.315 e. The predicted octanol–water partition coefficient (Wildman–Crippen LogP) is 2.50. The molecule has 1 aliphatic heterocycles. The molecular weight excluding hydrogens is 202 g/mol. The van der Waals surface area contributed by atoms with Crippen molar-refractivity contribution in [3.63, 3.8) is 0 Å². The largest absolute Gasteiger partial charge is 0.481 e. The standard InChI is InChI=1S/C13H15NO2/c1-10-13(2,12(15)16)8-9-14(10)11-6-4-3-5-7-11/h3-10H,1-2H3,(H,15,16). The van der Waals surface area contributed by atoms with Crippen molar-refractivity contribution in [1.82, 2.24) is 0 Å². The van der Waals surface area contributed by atoms with Gasteiger partial charge in [0.1, 0.15) is 5.41 Å². The Morgan fingerprint density at radius 1 is 1.38 bits per heavy atom. The molecule has 16 heavy (non-hydrogen) atoms. The van der Waals surface area contributed by atoms with Crippen LogP contribution in [0.1, 0.15) is 13.8 Å². The molecular formula is C13H15NO2. The monoisotopic (exact) mass is 217 g/mol. The van der Waals surface area contributed by atoms with E-state index in [0.717, 1.165) is 5.69 Å². The first-order valence-corrected chi connectivity index (χ1v) is 5.32. The number of hydrogen-bond donors (Lipinski definition) is 1. The van der Waals surface area contributed by atoms with Crippen LogP contribution in [-0.4, -0.2) is 17.1 Å². The molecule has 0 spiro atoms. The molecule has 2 unspecified atom stereocenters. The van der Waals surface area contributed by atoms with E-state index in [0.29, 0.717) is 0 Å². The van der Waals surface area contributed by atoms with Crippen LogP contribution in [0, 0.1) is 5.41 Å². The summed E-state index contributed by atoms with van der Waals surface area (Å²) < 4.78 is 0. The van der Waals surface area contributed by atoms with Gasteiger partial charge in [-0.25, -0.2) is 0 Å². The maximum absolute atomic E-state index is 11.2. The number of para-hydroxylation sites is 1. The number of rotatable bonds is 2. The molecule has 0 saturated heterocycles. The lowest BCUT2D eigenvalue weighted by molar-refractivity contribution is -0.145. The van der Waals surface area contributed by atoms with E-state index in [9.17, 15) is 9.90 Å². The minimum atomic E-state index is -0.810. The molecule has 3 nitrogen and oxygen atoms in total. The van der Waals surface area contributed by atoms with Gasteiger partial charge in [-0.1, -0.05) is 18.2 Å². The highest BCUT2D eigenvalue weighted by molar-refractivity contribution is 5.80. The summed E-state index contributed by atoms with van der Waals surface area (Å²) in [6, 6.07) is 9.73. The molecule has 1 heterocycles. The maximum Gasteiger partial charge on any atom is 0.315 e. The number of hydrogen-bond acceptors (Lipinski definition) is 2. The average Bonchev–Trinajstić information content (AvgIpc) is 2.59. The lowest BCUT2D eigenvalue weighted by Crippen LogP contribution is -2.41. The van der Waals surface area contributed by atoms with E-state index in [-0.39, 0.29) is 6.04 Å². The van der Waals surface area contributed by atoms with Gasteiger partial charge in [-0.2, -0.15) is 0 Å². The van der Waals surface area contributed by atoms with Crippen LogP contribution in [0.25, 0.3) is 0 Å². The highest BCUT2D eigenvalue weighted by Gasteiger charge is 2.43. The molecule has 2 atom stereocenters. The fourth-order valence-corrected chi connectivity index (χ4v) is 1.95. The molecule has 0 bridgehead atoms. The molecule has 0 radical (unpaired) electrons. The molecule has 0 aliphatic carbocycles. The lowest BCUT2D eigenvalue weighted by atomic mass is 9.85. The van der Waals surface area contributed by atoms with Crippen LogP contribution < -0.4 is 4.90 Å². The zero-order valence-electron chi connectivity index (χ0n) is 9.42. The Kier molecular flexibility index (Phi) is 2.46. The summed E-state index contributed by atoms with van der Waals surface area (Å²) in [6.45, 7) is 3.68. The van der Waals surface area contributed by atoms with Gasteiger partial charge in [-0.3, -0.25) is 4.79 Å². The van der Waals surface area contributed by atoms with Crippen LogP contribution in [0.3, 0.4) is 0 Å². The van der Waals surface area contributed by atoms with Gasteiger partial charge in [0.25, 0.3) is 0 Å². The number of nitrogens with zero attached hydrogens (tertiary/aromatic N) is 1. The Balaban J connectivity index is 2.31. The van der Waals surface area contributed by atoms with Crippen LogP contribution >= 0.6 is 0 Å². The van der Waals surface area contributed by atoms with Gasteiger partial charge in [0.05, 0.1) is 6.04 Å². The Bertz CT molecular complexity index is 427. The fraction of sp³-hybridized carbons (Fsp3) is 0.308. The van der Waals surface area contributed by atoms with Crippen molar-refractivity contribution in [3.8, 4) is 0 Å². The zero-order valence-corrected chi connectivity index (χ0v) is 9.42. The van der Waals surface area contributed by atoms with Gasteiger partial charge < -0.3 is 10.0 Å². The second-order valence-corrected chi connectivity index (χ2v) is 4.32. The molecule has 0 fully saturated rings. The highest BCUT2D eigenvalue weighted by atomic mass is 16.4. The summed E-state index contributed by atoms with van der Waals surface area (Å²) in [4.78, 5) is 13.2. The number of carbonyl (C=O) groups is 1. The minimum Gasteiger partial charge on any atom is -0.481 e. The molecule has 1 aliphatic rings. The van der Waals surface area contributed by atoms with Crippen LogP contribution in [0.5, 0.6) is 0 Å². The highest BCUT2D eigenvalue weighted by Crippen LogP contribution is 2.36. The number of carboxylic acid groups (broad SMARTS) is 1. The first-order valence-electron chi connectivity index (χ1n) is 5.32. The molecule has 1 N–H and O–H groups in total. The van der Waals surface area contributed by atoms with Gasteiger partial charge >= 0.3 is 5.97 Å². The molecule has 0 aromatic heterocycles. The average molecular weight is 217 g/mol. The van der Waals surface area contributed by atoms with Crippen molar-refractivity contribution in [2.75, 3.05) is 4.90 Å². The van der Waals surface area contributed by atoms with Gasteiger partial charge in [0, 0.05) is 11.9 Å². The van der Waals surface area contributed by atoms with Crippen LogP contribution in [0.15, 0.2) is 42.6 Å². The molecule has 1 aromatic carbocycles. The van der Waals surface area contributed by atoms with E-state index in [4.69, 9.17) is 0 Å². The Hall–Kier alpha value is -1.77. The van der Waals surface area contributed by atoms with Crippen LogP contribution in [0.2, 0.25) is 0 Å². The summed E-state index contributed by atoms with van der Waals surface area (Å²) in [6.07, 6.45) is 3.61. The first-order chi connectivity index (χ1) is 7.55. The molecule has 1 aromatic rings. The van der Waals surface area contributed by atoms with E-state index >= 15 is 0 Å². The fourth-order valence-electron chi connectivity index (χ4n) is 1.95.